The minimum absolute atomic E-state index is 0.126. The van der Waals surface area contributed by atoms with Crippen molar-refractivity contribution in [2.75, 3.05) is 11.9 Å². The van der Waals surface area contributed by atoms with Crippen molar-refractivity contribution in [1.29, 1.82) is 0 Å². The van der Waals surface area contributed by atoms with Crippen LogP contribution in [0.25, 0.3) is 10.9 Å². The average molecular weight is 423 g/mol. The summed E-state index contributed by atoms with van der Waals surface area (Å²) in [5, 5.41) is 8.87. The van der Waals surface area contributed by atoms with Crippen LogP contribution in [0.5, 0.6) is 0 Å². The van der Waals surface area contributed by atoms with Crippen LogP contribution in [0.3, 0.4) is 0 Å². The topological polar surface area (TPSA) is 81.2 Å². The molecule has 1 unspecified atom stereocenters. The number of H-pyrrole nitrogens is 1. The quantitative estimate of drug-likeness (QED) is 0.620. The summed E-state index contributed by atoms with van der Waals surface area (Å²) in [4.78, 5) is 15.5. The Balaban J connectivity index is 1.51. The van der Waals surface area contributed by atoms with Crippen LogP contribution in [-0.2, 0) is 15.1 Å². The first-order valence-corrected chi connectivity index (χ1v) is 11.2. The number of benzene rings is 1. The highest BCUT2D eigenvalue weighted by Crippen LogP contribution is 2.39. The summed E-state index contributed by atoms with van der Waals surface area (Å²) in [7, 11) is 0. The number of aromatic amines is 1. The van der Waals surface area contributed by atoms with E-state index in [1.54, 1.807) is 6.20 Å². The van der Waals surface area contributed by atoms with Crippen LogP contribution < -0.4 is 10.9 Å². The molecule has 1 aromatic carbocycles. The zero-order chi connectivity index (χ0) is 21.6. The third kappa shape index (κ3) is 3.77. The Morgan fingerprint density at radius 3 is 2.71 bits per heavy atom. The molecule has 0 spiro atoms. The molecule has 31 heavy (non-hydrogen) atoms. The third-order valence-corrected chi connectivity index (χ3v) is 6.45. The van der Waals surface area contributed by atoms with Gasteiger partial charge in [0.05, 0.1) is 18.2 Å². The zero-order valence-corrected chi connectivity index (χ0v) is 18.4. The monoisotopic (exact) mass is 422 g/mol. The minimum atomic E-state index is -0.611. The fourth-order valence-corrected chi connectivity index (χ4v) is 4.91. The molecule has 7 nitrogen and oxygen atoms in total. The first kappa shape index (κ1) is 20.3. The molecule has 2 aromatic heterocycles. The molecule has 2 aliphatic rings. The molecule has 3 aromatic rings. The number of ether oxygens (including phenoxy) is 2. The molecule has 1 saturated carbocycles. The van der Waals surface area contributed by atoms with Crippen molar-refractivity contribution in [3.8, 4) is 0 Å². The fraction of sp³-hybridized carbons (Fsp3) is 0.500. The van der Waals surface area contributed by atoms with Crippen molar-refractivity contribution in [2.24, 2.45) is 0 Å². The minimum Gasteiger partial charge on any atom is -0.347 e. The molecule has 1 aliphatic heterocycles. The summed E-state index contributed by atoms with van der Waals surface area (Å²) in [5.74, 6) is -0.0193. The first-order chi connectivity index (χ1) is 14.8. The Labute approximate surface area is 181 Å². The van der Waals surface area contributed by atoms with E-state index >= 15 is 0 Å². The average Bonchev–Trinajstić information content (AvgIpc) is 3.27. The van der Waals surface area contributed by atoms with Gasteiger partial charge in [-0.3, -0.25) is 9.48 Å². The van der Waals surface area contributed by atoms with Crippen molar-refractivity contribution in [3.63, 3.8) is 0 Å². The number of aromatic nitrogens is 3. The maximum Gasteiger partial charge on any atom is 0.261 e. The Bertz CT molecular complexity index is 1160. The third-order valence-electron chi connectivity index (χ3n) is 6.45. The van der Waals surface area contributed by atoms with Gasteiger partial charge >= 0.3 is 0 Å². The summed E-state index contributed by atoms with van der Waals surface area (Å²) in [6.45, 7) is 6.38. The molecule has 1 saturated heterocycles. The van der Waals surface area contributed by atoms with E-state index < -0.39 is 11.4 Å². The van der Waals surface area contributed by atoms with Gasteiger partial charge in [-0.1, -0.05) is 31.4 Å². The van der Waals surface area contributed by atoms with E-state index in [-0.39, 0.29) is 5.56 Å². The predicted octanol–water partition coefficient (Wildman–Crippen LogP) is 4.97. The van der Waals surface area contributed by atoms with Crippen molar-refractivity contribution in [1.82, 2.24) is 14.8 Å². The molecule has 164 valence electrons. The molecule has 5 rings (SSSR count). The van der Waals surface area contributed by atoms with Crippen LogP contribution in [-0.4, -0.2) is 27.2 Å². The molecule has 2 fully saturated rings. The zero-order valence-electron chi connectivity index (χ0n) is 18.4. The number of anilines is 2. The number of pyridine rings is 1. The molecule has 0 radical (unpaired) electrons. The van der Waals surface area contributed by atoms with Crippen molar-refractivity contribution in [2.45, 2.75) is 70.3 Å². The summed E-state index contributed by atoms with van der Waals surface area (Å²) in [6.07, 6.45) is 7.59. The van der Waals surface area contributed by atoms with Gasteiger partial charge in [0.25, 0.3) is 5.56 Å². The maximum absolute atomic E-state index is 12.7. The van der Waals surface area contributed by atoms with Gasteiger partial charge in [-0.2, -0.15) is 5.10 Å². The normalized spacial score (nSPS) is 24.0. The van der Waals surface area contributed by atoms with Gasteiger partial charge < -0.3 is 19.8 Å². The van der Waals surface area contributed by atoms with E-state index in [4.69, 9.17) is 14.6 Å². The molecule has 2 N–H and O–H groups in total. The molecule has 1 atom stereocenters. The van der Waals surface area contributed by atoms with E-state index in [0.717, 1.165) is 29.6 Å². The Morgan fingerprint density at radius 2 is 1.97 bits per heavy atom. The standard InChI is InChI=1S/C24H30N4O3/c1-23(2)30-15-24(3,31-23)16-8-7-9-17(14-16)26-21-20-19(12-13-25-22(20)29)28(27-21)18-10-5-4-6-11-18/h7-9,12-14,18H,4-6,10-11,15H2,1-3H3,(H,25,29)(H,26,27). The molecule has 0 amide bonds. The molecule has 1 aliphatic carbocycles. The lowest BCUT2D eigenvalue weighted by atomic mass is 9.95. The summed E-state index contributed by atoms with van der Waals surface area (Å²) in [5.41, 5.74) is 2.12. The highest BCUT2D eigenvalue weighted by atomic mass is 16.8. The second kappa shape index (κ2) is 7.50. The second-order valence-corrected chi connectivity index (χ2v) is 9.38. The lowest BCUT2D eigenvalue weighted by molar-refractivity contribution is -0.159. The lowest BCUT2D eigenvalue weighted by Gasteiger charge is -2.26. The number of nitrogens with one attached hydrogen (secondary N) is 2. The lowest BCUT2D eigenvalue weighted by Crippen LogP contribution is -2.28. The van der Waals surface area contributed by atoms with E-state index in [1.807, 2.05) is 55.8 Å². The predicted molar refractivity (Wildman–Crippen MR) is 121 cm³/mol. The number of hydrogen-bond acceptors (Lipinski definition) is 5. The van der Waals surface area contributed by atoms with Crippen LogP contribution >= 0.6 is 0 Å². The Kier molecular flexibility index (Phi) is 4.90. The van der Waals surface area contributed by atoms with Gasteiger partial charge in [0.2, 0.25) is 0 Å². The van der Waals surface area contributed by atoms with Crippen LogP contribution in [0.4, 0.5) is 11.5 Å². The van der Waals surface area contributed by atoms with Gasteiger partial charge in [-0.15, -0.1) is 0 Å². The SMILES string of the molecule is CC1(C)OCC(C)(c2cccc(Nc3nn(C4CCCCC4)c4cc[nH]c(=O)c34)c2)O1. The molecule has 3 heterocycles. The maximum atomic E-state index is 12.7. The molecular weight excluding hydrogens is 392 g/mol. The molecule has 7 heteroatoms. The number of nitrogens with zero attached hydrogens (tertiary/aromatic N) is 2. The van der Waals surface area contributed by atoms with Crippen LogP contribution in [0.15, 0.2) is 41.3 Å². The number of hydrogen-bond donors (Lipinski definition) is 2. The van der Waals surface area contributed by atoms with Gasteiger partial charge in [-0.05, 0) is 57.4 Å². The fourth-order valence-electron chi connectivity index (χ4n) is 4.91. The summed E-state index contributed by atoms with van der Waals surface area (Å²) in [6, 6.07) is 10.4. The summed E-state index contributed by atoms with van der Waals surface area (Å²) < 4.78 is 14.0. The number of rotatable bonds is 4. The molecule has 0 bridgehead atoms. The van der Waals surface area contributed by atoms with Gasteiger partial charge in [0, 0.05) is 11.9 Å². The van der Waals surface area contributed by atoms with E-state index in [0.29, 0.717) is 23.9 Å². The highest BCUT2D eigenvalue weighted by molar-refractivity contribution is 5.91. The van der Waals surface area contributed by atoms with Gasteiger partial charge in [0.15, 0.2) is 11.6 Å². The van der Waals surface area contributed by atoms with Gasteiger partial charge in [0.1, 0.15) is 11.0 Å². The Hall–Kier alpha value is -2.64. The van der Waals surface area contributed by atoms with Crippen molar-refractivity contribution in [3.05, 3.63) is 52.4 Å². The number of fused-ring (bicyclic) bond motifs is 1. The van der Waals surface area contributed by atoms with Gasteiger partial charge in [-0.25, -0.2) is 0 Å². The highest BCUT2D eigenvalue weighted by Gasteiger charge is 2.43. The van der Waals surface area contributed by atoms with Crippen molar-refractivity contribution >= 4 is 22.4 Å². The molecular formula is C24H30N4O3. The van der Waals surface area contributed by atoms with E-state index in [1.165, 1.54) is 19.3 Å². The first-order valence-electron chi connectivity index (χ1n) is 11.2. The largest absolute Gasteiger partial charge is 0.347 e. The Morgan fingerprint density at radius 1 is 1.16 bits per heavy atom. The van der Waals surface area contributed by atoms with E-state index in [2.05, 4.69) is 10.3 Å². The van der Waals surface area contributed by atoms with Crippen LogP contribution in [0.2, 0.25) is 0 Å². The summed E-state index contributed by atoms with van der Waals surface area (Å²) >= 11 is 0. The van der Waals surface area contributed by atoms with E-state index in [9.17, 15) is 4.79 Å². The smallest absolute Gasteiger partial charge is 0.261 e. The van der Waals surface area contributed by atoms with Crippen LogP contribution in [0.1, 0.15) is 64.5 Å². The van der Waals surface area contributed by atoms with Crippen LogP contribution in [0, 0.1) is 0 Å². The second-order valence-electron chi connectivity index (χ2n) is 9.38. The van der Waals surface area contributed by atoms with Crippen molar-refractivity contribution < 1.29 is 9.47 Å².